The zero-order valence-corrected chi connectivity index (χ0v) is 11.8. The summed E-state index contributed by atoms with van der Waals surface area (Å²) < 4.78 is 4.82. The molecule has 110 valence electrons. The van der Waals surface area contributed by atoms with Crippen LogP contribution in [0.3, 0.4) is 0 Å². The zero-order chi connectivity index (χ0) is 15.3. The van der Waals surface area contributed by atoms with Crippen molar-refractivity contribution in [2.75, 3.05) is 13.2 Å². The summed E-state index contributed by atoms with van der Waals surface area (Å²) in [4.78, 5) is 25.1. The molecule has 0 aliphatic heterocycles. The number of hydrogen-bond donors (Lipinski definition) is 2. The van der Waals surface area contributed by atoms with Crippen molar-refractivity contribution in [1.29, 1.82) is 0 Å². The topological polar surface area (TPSA) is 87.1 Å². The Bertz CT molecular complexity index is 498. The van der Waals surface area contributed by atoms with Crippen molar-refractivity contribution in [2.24, 2.45) is 0 Å². The first-order valence-electron chi connectivity index (χ1n) is 6.35. The maximum absolute atomic E-state index is 12.3. The number of hydrogen-bond acceptors (Lipinski definition) is 5. The number of phenolic OH excluding ortho intramolecular Hbond substituents is 2. The highest BCUT2D eigenvalue weighted by Gasteiger charge is 2.24. The number of esters is 1. The second-order valence-electron chi connectivity index (χ2n) is 4.53. The molecular weight excluding hydrogens is 262 g/mol. The van der Waals surface area contributed by atoms with E-state index < -0.39 is 11.9 Å². The quantitative estimate of drug-likeness (QED) is 0.631. The maximum atomic E-state index is 12.3. The van der Waals surface area contributed by atoms with Crippen LogP contribution in [0.15, 0.2) is 18.2 Å². The summed E-state index contributed by atoms with van der Waals surface area (Å²) in [5, 5.41) is 19.1. The van der Waals surface area contributed by atoms with Crippen molar-refractivity contribution in [1.82, 2.24) is 4.90 Å². The summed E-state index contributed by atoms with van der Waals surface area (Å²) in [5.74, 6) is -1.44. The monoisotopic (exact) mass is 281 g/mol. The van der Waals surface area contributed by atoms with Crippen LogP contribution in [0.4, 0.5) is 0 Å². The van der Waals surface area contributed by atoms with E-state index in [1.807, 2.05) is 0 Å². The molecule has 0 heterocycles. The number of rotatable bonds is 5. The third kappa shape index (κ3) is 3.88. The maximum Gasteiger partial charge on any atom is 0.325 e. The van der Waals surface area contributed by atoms with Gasteiger partial charge in [0.2, 0.25) is 0 Å². The van der Waals surface area contributed by atoms with Gasteiger partial charge in [-0.3, -0.25) is 9.59 Å². The largest absolute Gasteiger partial charge is 0.508 e. The van der Waals surface area contributed by atoms with Crippen molar-refractivity contribution in [3.05, 3.63) is 23.8 Å². The van der Waals surface area contributed by atoms with Crippen LogP contribution >= 0.6 is 0 Å². The highest BCUT2D eigenvalue weighted by atomic mass is 16.5. The molecule has 6 heteroatoms. The van der Waals surface area contributed by atoms with Crippen LogP contribution in [0.2, 0.25) is 0 Å². The molecule has 20 heavy (non-hydrogen) atoms. The molecule has 6 nitrogen and oxygen atoms in total. The Balaban J connectivity index is 2.99. The van der Waals surface area contributed by atoms with Gasteiger partial charge in [0.25, 0.3) is 5.91 Å². The molecule has 0 atom stereocenters. The Hall–Kier alpha value is -2.24. The van der Waals surface area contributed by atoms with Crippen molar-refractivity contribution in [2.45, 2.75) is 26.8 Å². The molecule has 1 aromatic carbocycles. The van der Waals surface area contributed by atoms with Gasteiger partial charge in [-0.15, -0.1) is 0 Å². The summed E-state index contributed by atoms with van der Waals surface area (Å²) in [6, 6.07) is 3.41. The van der Waals surface area contributed by atoms with E-state index in [2.05, 4.69) is 0 Å². The van der Waals surface area contributed by atoms with Crippen LogP contribution in [0.5, 0.6) is 11.5 Å². The van der Waals surface area contributed by atoms with Crippen LogP contribution in [-0.4, -0.2) is 46.2 Å². The molecule has 0 aliphatic rings. The molecule has 0 saturated carbocycles. The van der Waals surface area contributed by atoms with E-state index in [4.69, 9.17) is 4.74 Å². The number of ether oxygens (including phenoxy) is 1. The molecule has 0 aliphatic carbocycles. The van der Waals surface area contributed by atoms with Crippen LogP contribution in [-0.2, 0) is 9.53 Å². The van der Waals surface area contributed by atoms with Gasteiger partial charge in [0.1, 0.15) is 18.0 Å². The highest BCUT2D eigenvalue weighted by molar-refractivity contribution is 5.98. The fourth-order valence-electron chi connectivity index (χ4n) is 1.68. The van der Waals surface area contributed by atoms with Gasteiger partial charge in [-0.1, -0.05) is 0 Å². The lowest BCUT2D eigenvalue weighted by Gasteiger charge is -2.26. The van der Waals surface area contributed by atoms with E-state index in [0.29, 0.717) is 0 Å². The smallest absolute Gasteiger partial charge is 0.325 e. The fraction of sp³-hybridized carbons (Fsp3) is 0.429. The lowest BCUT2D eigenvalue weighted by molar-refractivity contribution is -0.144. The van der Waals surface area contributed by atoms with E-state index in [1.54, 1.807) is 20.8 Å². The second kappa shape index (κ2) is 6.79. The number of benzene rings is 1. The summed E-state index contributed by atoms with van der Waals surface area (Å²) in [6.45, 7) is 5.20. The molecule has 0 unspecified atom stereocenters. The summed E-state index contributed by atoms with van der Waals surface area (Å²) >= 11 is 0. The minimum atomic E-state index is -0.540. The molecule has 1 aromatic rings. The lowest BCUT2D eigenvalue weighted by Crippen LogP contribution is -2.41. The third-order valence-electron chi connectivity index (χ3n) is 2.70. The van der Waals surface area contributed by atoms with Gasteiger partial charge < -0.3 is 19.8 Å². The Morgan fingerprint density at radius 3 is 2.50 bits per heavy atom. The average Bonchev–Trinajstić information content (AvgIpc) is 2.38. The van der Waals surface area contributed by atoms with E-state index >= 15 is 0 Å². The predicted octanol–water partition coefficient (Wildman–Crippen LogP) is 1.51. The number of amides is 1. The Morgan fingerprint density at radius 1 is 1.30 bits per heavy atom. The first-order valence-corrected chi connectivity index (χ1v) is 6.35. The highest BCUT2D eigenvalue weighted by Crippen LogP contribution is 2.24. The Labute approximate surface area is 117 Å². The first-order chi connectivity index (χ1) is 9.36. The standard InChI is InChI=1S/C14H19NO5/c1-4-20-13(18)8-15(9(2)3)14(19)11-7-10(16)5-6-12(11)17/h5-7,9,16-17H,4,8H2,1-3H3. The van der Waals surface area contributed by atoms with Crippen LogP contribution in [0.1, 0.15) is 31.1 Å². The molecule has 0 saturated heterocycles. The molecule has 2 N–H and O–H groups in total. The average molecular weight is 281 g/mol. The predicted molar refractivity (Wildman–Crippen MR) is 72.6 cm³/mol. The molecular formula is C14H19NO5. The molecule has 0 fully saturated rings. The number of carbonyl (C=O) groups is 2. The first kappa shape index (κ1) is 15.8. The van der Waals surface area contributed by atoms with Gasteiger partial charge in [-0.05, 0) is 39.0 Å². The van der Waals surface area contributed by atoms with E-state index in [0.717, 1.165) is 6.07 Å². The van der Waals surface area contributed by atoms with Crippen LogP contribution < -0.4 is 0 Å². The summed E-state index contributed by atoms with van der Waals surface area (Å²) in [6.07, 6.45) is 0. The molecule has 1 amide bonds. The third-order valence-corrected chi connectivity index (χ3v) is 2.70. The van der Waals surface area contributed by atoms with Gasteiger partial charge >= 0.3 is 5.97 Å². The minimum Gasteiger partial charge on any atom is -0.508 e. The van der Waals surface area contributed by atoms with Crippen molar-refractivity contribution >= 4 is 11.9 Å². The molecule has 0 spiro atoms. The molecule has 0 radical (unpaired) electrons. The Morgan fingerprint density at radius 2 is 1.95 bits per heavy atom. The van der Waals surface area contributed by atoms with E-state index in [9.17, 15) is 19.8 Å². The molecule has 1 rings (SSSR count). The second-order valence-corrected chi connectivity index (χ2v) is 4.53. The number of nitrogens with zero attached hydrogens (tertiary/aromatic N) is 1. The van der Waals surface area contributed by atoms with Crippen molar-refractivity contribution in [3.8, 4) is 11.5 Å². The number of carbonyl (C=O) groups excluding carboxylic acids is 2. The summed E-state index contributed by atoms with van der Waals surface area (Å²) in [7, 11) is 0. The molecule has 0 bridgehead atoms. The summed E-state index contributed by atoms with van der Waals surface area (Å²) in [5.41, 5.74) is -0.0528. The van der Waals surface area contributed by atoms with E-state index in [1.165, 1.54) is 17.0 Å². The molecule has 0 aromatic heterocycles. The van der Waals surface area contributed by atoms with Gasteiger partial charge in [0, 0.05) is 6.04 Å². The van der Waals surface area contributed by atoms with E-state index in [-0.39, 0.29) is 36.3 Å². The lowest BCUT2D eigenvalue weighted by atomic mass is 10.1. The van der Waals surface area contributed by atoms with Crippen molar-refractivity contribution in [3.63, 3.8) is 0 Å². The number of aromatic hydroxyl groups is 2. The SMILES string of the molecule is CCOC(=O)CN(C(=O)c1cc(O)ccc1O)C(C)C. The van der Waals surface area contributed by atoms with Gasteiger partial charge in [0.05, 0.1) is 12.2 Å². The van der Waals surface area contributed by atoms with Gasteiger partial charge in [-0.2, -0.15) is 0 Å². The van der Waals surface area contributed by atoms with Gasteiger partial charge in [-0.25, -0.2) is 0 Å². The van der Waals surface area contributed by atoms with Crippen molar-refractivity contribution < 1.29 is 24.5 Å². The normalized spacial score (nSPS) is 10.4. The minimum absolute atomic E-state index is 0.0528. The van der Waals surface area contributed by atoms with Gasteiger partial charge in [0.15, 0.2) is 0 Å². The number of phenols is 2. The fourth-order valence-corrected chi connectivity index (χ4v) is 1.68. The van der Waals surface area contributed by atoms with Crippen LogP contribution in [0.25, 0.3) is 0 Å². The van der Waals surface area contributed by atoms with Crippen LogP contribution in [0, 0.1) is 0 Å². The Kier molecular flexibility index (Phi) is 5.37. The zero-order valence-electron chi connectivity index (χ0n) is 11.8.